The van der Waals surface area contributed by atoms with Crippen molar-refractivity contribution in [1.29, 1.82) is 0 Å². The Morgan fingerprint density at radius 1 is 1.00 bits per heavy atom. The second-order valence-corrected chi connectivity index (χ2v) is 9.80. The SMILES string of the molecule is O=C(c1ccc2c(c1)CCCC2)N1CCN([C@@H]2CCS(=O)(=O)C2)CC1. The Bertz CT molecular complexity index is 767. The monoisotopic (exact) mass is 362 g/mol. The molecule has 6 heteroatoms. The number of hydrogen-bond acceptors (Lipinski definition) is 4. The zero-order valence-electron chi connectivity index (χ0n) is 14.6. The largest absolute Gasteiger partial charge is 0.336 e. The van der Waals surface area contributed by atoms with Crippen LogP contribution in [0, 0.1) is 0 Å². The molecule has 2 fully saturated rings. The average molecular weight is 362 g/mol. The van der Waals surface area contributed by atoms with Crippen LogP contribution in [0.25, 0.3) is 0 Å². The molecule has 3 aliphatic rings. The van der Waals surface area contributed by atoms with Crippen LogP contribution >= 0.6 is 0 Å². The number of piperazine rings is 1. The zero-order chi connectivity index (χ0) is 17.4. The van der Waals surface area contributed by atoms with Gasteiger partial charge in [-0.1, -0.05) is 6.07 Å². The fraction of sp³-hybridized carbons (Fsp3) is 0.632. The van der Waals surface area contributed by atoms with Gasteiger partial charge in [-0.15, -0.1) is 0 Å². The summed E-state index contributed by atoms with van der Waals surface area (Å²) in [4.78, 5) is 17.0. The molecule has 0 aromatic heterocycles. The van der Waals surface area contributed by atoms with Crippen LogP contribution in [0.15, 0.2) is 18.2 Å². The van der Waals surface area contributed by atoms with Crippen LogP contribution in [0.4, 0.5) is 0 Å². The number of hydrogen-bond donors (Lipinski definition) is 0. The van der Waals surface area contributed by atoms with Gasteiger partial charge in [-0.2, -0.15) is 0 Å². The van der Waals surface area contributed by atoms with Gasteiger partial charge >= 0.3 is 0 Å². The zero-order valence-corrected chi connectivity index (χ0v) is 15.4. The van der Waals surface area contributed by atoms with Crippen LogP contribution in [0.3, 0.4) is 0 Å². The van der Waals surface area contributed by atoms with E-state index in [2.05, 4.69) is 17.0 Å². The molecule has 0 unspecified atom stereocenters. The molecule has 2 aliphatic heterocycles. The lowest BCUT2D eigenvalue weighted by Crippen LogP contribution is -2.52. The van der Waals surface area contributed by atoms with Gasteiger partial charge in [-0.3, -0.25) is 9.69 Å². The second kappa shape index (κ2) is 6.72. The maximum atomic E-state index is 12.8. The summed E-state index contributed by atoms with van der Waals surface area (Å²) in [6.45, 7) is 2.92. The highest BCUT2D eigenvalue weighted by atomic mass is 32.2. The minimum absolute atomic E-state index is 0.118. The fourth-order valence-electron chi connectivity index (χ4n) is 4.40. The lowest BCUT2D eigenvalue weighted by Gasteiger charge is -2.37. The third-order valence-electron chi connectivity index (χ3n) is 5.92. The standard InChI is InChI=1S/C19H26N2O3S/c22-19(17-6-5-15-3-1-2-4-16(15)13-17)21-10-8-20(9-11-21)18-7-12-25(23,24)14-18/h5-6,13,18H,1-4,7-12,14H2/t18-/m1/s1. The van der Waals surface area contributed by atoms with Crippen molar-refractivity contribution in [2.24, 2.45) is 0 Å². The van der Waals surface area contributed by atoms with Gasteiger partial charge in [0.05, 0.1) is 11.5 Å². The predicted molar refractivity (Wildman–Crippen MR) is 97.6 cm³/mol. The van der Waals surface area contributed by atoms with Crippen LogP contribution < -0.4 is 0 Å². The molecule has 25 heavy (non-hydrogen) atoms. The molecule has 136 valence electrons. The number of rotatable bonds is 2. The molecule has 4 rings (SSSR count). The summed E-state index contributed by atoms with van der Waals surface area (Å²) in [6.07, 6.45) is 5.42. The Morgan fingerprint density at radius 3 is 2.40 bits per heavy atom. The van der Waals surface area contributed by atoms with Crippen molar-refractivity contribution in [3.63, 3.8) is 0 Å². The Hall–Kier alpha value is -1.40. The first-order chi connectivity index (χ1) is 12.0. The summed E-state index contributed by atoms with van der Waals surface area (Å²) in [5, 5.41) is 0. The first-order valence-corrected chi connectivity index (χ1v) is 11.2. The van der Waals surface area contributed by atoms with Crippen molar-refractivity contribution in [3.8, 4) is 0 Å². The molecule has 0 radical (unpaired) electrons. The number of aryl methyl sites for hydroxylation is 2. The first-order valence-electron chi connectivity index (χ1n) is 9.37. The molecule has 1 atom stereocenters. The molecular formula is C19H26N2O3S. The highest BCUT2D eigenvalue weighted by molar-refractivity contribution is 7.91. The van der Waals surface area contributed by atoms with E-state index in [9.17, 15) is 13.2 Å². The number of carbonyl (C=O) groups is 1. The second-order valence-electron chi connectivity index (χ2n) is 7.58. The number of sulfone groups is 1. The van der Waals surface area contributed by atoms with E-state index in [1.165, 1.54) is 24.0 Å². The van der Waals surface area contributed by atoms with Crippen LogP contribution in [0.2, 0.25) is 0 Å². The van der Waals surface area contributed by atoms with Crippen LogP contribution in [-0.4, -0.2) is 67.9 Å². The number of amides is 1. The molecule has 2 heterocycles. The van der Waals surface area contributed by atoms with E-state index in [1.807, 2.05) is 11.0 Å². The first kappa shape index (κ1) is 17.0. The normalized spacial score (nSPS) is 26.4. The van der Waals surface area contributed by atoms with E-state index in [0.717, 1.165) is 37.9 Å². The van der Waals surface area contributed by atoms with Crippen molar-refractivity contribution in [2.75, 3.05) is 37.7 Å². The maximum absolute atomic E-state index is 12.8. The van der Waals surface area contributed by atoms with Gasteiger partial charge in [0.25, 0.3) is 5.91 Å². The number of fused-ring (bicyclic) bond motifs is 1. The molecule has 0 bridgehead atoms. The molecule has 0 spiro atoms. The molecule has 1 aromatic carbocycles. The topological polar surface area (TPSA) is 57.7 Å². The Kier molecular flexibility index (Phi) is 4.58. The maximum Gasteiger partial charge on any atom is 0.253 e. The minimum Gasteiger partial charge on any atom is -0.336 e. The lowest BCUT2D eigenvalue weighted by atomic mass is 9.90. The summed E-state index contributed by atoms with van der Waals surface area (Å²) >= 11 is 0. The number of nitrogens with zero attached hydrogens (tertiary/aromatic N) is 2. The quantitative estimate of drug-likeness (QED) is 0.800. The molecular weight excluding hydrogens is 336 g/mol. The van der Waals surface area contributed by atoms with Crippen molar-refractivity contribution in [3.05, 3.63) is 34.9 Å². The van der Waals surface area contributed by atoms with Crippen LogP contribution in [0.5, 0.6) is 0 Å². The van der Waals surface area contributed by atoms with Crippen molar-refractivity contribution < 1.29 is 13.2 Å². The van der Waals surface area contributed by atoms with E-state index in [4.69, 9.17) is 0 Å². The summed E-state index contributed by atoms with van der Waals surface area (Å²) in [5.74, 6) is 0.713. The van der Waals surface area contributed by atoms with Gasteiger partial charge in [0.2, 0.25) is 0 Å². The highest BCUT2D eigenvalue weighted by Crippen LogP contribution is 2.24. The van der Waals surface area contributed by atoms with E-state index < -0.39 is 9.84 Å². The van der Waals surface area contributed by atoms with Crippen molar-refractivity contribution >= 4 is 15.7 Å². The summed E-state index contributed by atoms with van der Waals surface area (Å²) in [6, 6.07) is 6.34. The summed E-state index contributed by atoms with van der Waals surface area (Å²) < 4.78 is 23.3. The molecule has 5 nitrogen and oxygen atoms in total. The van der Waals surface area contributed by atoms with Gasteiger partial charge < -0.3 is 4.90 Å². The van der Waals surface area contributed by atoms with Gasteiger partial charge in [0.15, 0.2) is 9.84 Å². The Balaban J connectivity index is 1.38. The average Bonchev–Trinajstić information content (AvgIpc) is 3.01. The van der Waals surface area contributed by atoms with Gasteiger partial charge in [0.1, 0.15) is 0 Å². The molecule has 0 saturated carbocycles. The third kappa shape index (κ3) is 3.60. The van der Waals surface area contributed by atoms with Crippen molar-refractivity contribution in [2.45, 2.75) is 38.1 Å². The van der Waals surface area contributed by atoms with E-state index in [1.54, 1.807) is 0 Å². The molecule has 1 aliphatic carbocycles. The minimum atomic E-state index is -2.85. The van der Waals surface area contributed by atoms with Crippen LogP contribution in [-0.2, 0) is 22.7 Å². The van der Waals surface area contributed by atoms with Gasteiger partial charge in [-0.25, -0.2) is 8.42 Å². The molecule has 0 N–H and O–H groups in total. The molecule has 2 saturated heterocycles. The Labute approximate surface area is 149 Å². The smallest absolute Gasteiger partial charge is 0.253 e. The Morgan fingerprint density at radius 2 is 1.72 bits per heavy atom. The molecule has 1 aromatic rings. The van der Waals surface area contributed by atoms with E-state index in [-0.39, 0.29) is 17.7 Å². The number of benzene rings is 1. The van der Waals surface area contributed by atoms with Gasteiger partial charge in [-0.05, 0) is 55.4 Å². The number of carbonyl (C=O) groups excluding carboxylic acids is 1. The third-order valence-corrected chi connectivity index (χ3v) is 7.67. The van der Waals surface area contributed by atoms with Crippen LogP contribution in [0.1, 0.15) is 40.7 Å². The highest BCUT2D eigenvalue weighted by Gasteiger charge is 2.34. The predicted octanol–water partition coefficient (Wildman–Crippen LogP) is 1.51. The summed E-state index contributed by atoms with van der Waals surface area (Å²) in [5.41, 5.74) is 3.54. The lowest BCUT2D eigenvalue weighted by molar-refractivity contribution is 0.0587. The fourth-order valence-corrected chi connectivity index (χ4v) is 6.16. The van der Waals surface area contributed by atoms with E-state index in [0.29, 0.717) is 18.8 Å². The van der Waals surface area contributed by atoms with Crippen molar-refractivity contribution in [1.82, 2.24) is 9.80 Å². The molecule has 1 amide bonds. The summed E-state index contributed by atoms with van der Waals surface area (Å²) in [7, 11) is -2.85. The van der Waals surface area contributed by atoms with Gasteiger partial charge in [0, 0.05) is 37.8 Å². The van der Waals surface area contributed by atoms with E-state index >= 15 is 0 Å².